The van der Waals surface area contributed by atoms with Crippen molar-refractivity contribution >= 4 is 5.91 Å². The van der Waals surface area contributed by atoms with Crippen LogP contribution in [0.1, 0.15) is 41.7 Å². The standard InChI is InChI=1S/C18H21N3O3/c1-2-24-16-6-4-3-5-14(16)18(23)19-11-12-21-17(22)10-9-15(20-21)13-7-8-13/h3-6,9-10,13H,2,7-8,11-12H2,1H3,(H,19,23). The van der Waals surface area contributed by atoms with E-state index in [1.807, 2.05) is 13.0 Å². The van der Waals surface area contributed by atoms with Gasteiger partial charge in [0.15, 0.2) is 0 Å². The smallest absolute Gasteiger partial charge is 0.266 e. The monoisotopic (exact) mass is 327 g/mol. The van der Waals surface area contributed by atoms with E-state index in [9.17, 15) is 9.59 Å². The lowest BCUT2D eigenvalue weighted by atomic mass is 10.2. The van der Waals surface area contributed by atoms with E-state index >= 15 is 0 Å². The van der Waals surface area contributed by atoms with Gasteiger partial charge in [-0.1, -0.05) is 12.1 Å². The van der Waals surface area contributed by atoms with Gasteiger partial charge in [-0.3, -0.25) is 9.59 Å². The van der Waals surface area contributed by atoms with Crippen molar-refractivity contribution in [2.24, 2.45) is 0 Å². The van der Waals surface area contributed by atoms with Gasteiger partial charge in [0, 0.05) is 18.5 Å². The first-order valence-corrected chi connectivity index (χ1v) is 8.27. The Balaban J connectivity index is 1.61. The highest BCUT2D eigenvalue weighted by molar-refractivity contribution is 5.96. The van der Waals surface area contributed by atoms with Crippen LogP contribution in [0.15, 0.2) is 41.2 Å². The number of carbonyl (C=O) groups is 1. The van der Waals surface area contributed by atoms with Gasteiger partial charge in [-0.25, -0.2) is 4.68 Å². The molecule has 1 aromatic heterocycles. The molecule has 1 aromatic carbocycles. The topological polar surface area (TPSA) is 73.2 Å². The van der Waals surface area contributed by atoms with E-state index in [4.69, 9.17) is 4.74 Å². The number of rotatable bonds is 7. The van der Waals surface area contributed by atoms with Crippen LogP contribution in [0, 0.1) is 0 Å². The molecule has 1 amide bonds. The van der Waals surface area contributed by atoms with Gasteiger partial charge in [0.1, 0.15) is 5.75 Å². The second kappa shape index (κ2) is 7.29. The van der Waals surface area contributed by atoms with Gasteiger partial charge in [0.05, 0.1) is 24.4 Å². The molecule has 3 rings (SSSR count). The molecule has 0 unspecified atom stereocenters. The molecule has 0 saturated heterocycles. The maximum absolute atomic E-state index is 12.3. The number of benzene rings is 1. The molecule has 1 saturated carbocycles. The summed E-state index contributed by atoms with van der Waals surface area (Å²) in [5.74, 6) is 0.832. The predicted molar refractivity (Wildman–Crippen MR) is 90.4 cm³/mol. The third-order valence-electron chi connectivity index (χ3n) is 3.92. The third-order valence-corrected chi connectivity index (χ3v) is 3.92. The number of para-hydroxylation sites is 1. The first-order valence-electron chi connectivity index (χ1n) is 8.27. The Morgan fingerprint density at radius 2 is 2.08 bits per heavy atom. The minimum atomic E-state index is -0.217. The van der Waals surface area contributed by atoms with E-state index < -0.39 is 0 Å². The molecule has 1 fully saturated rings. The molecule has 0 aliphatic heterocycles. The molecule has 2 aromatic rings. The Morgan fingerprint density at radius 3 is 2.83 bits per heavy atom. The van der Waals surface area contributed by atoms with E-state index in [1.165, 1.54) is 4.68 Å². The van der Waals surface area contributed by atoms with E-state index in [2.05, 4.69) is 10.4 Å². The van der Waals surface area contributed by atoms with E-state index in [0.29, 0.717) is 36.9 Å². The summed E-state index contributed by atoms with van der Waals surface area (Å²) in [4.78, 5) is 24.2. The van der Waals surface area contributed by atoms with Crippen LogP contribution in [0.25, 0.3) is 0 Å². The molecular formula is C18H21N3O3. The number of ether oxygens (including phenoxy) is 1. The zero-order valence-electron chi connectivity index (χ0n) is 13.7. The van der Waals surface area contributed by atoms with Crippen LogP contribution in [0.5, 0.6) is 5.75 Å². The van der Waals surface area contributed by atoms with Crippen molar-refractivity contribution in [2.75, 3.05) is 13.2 Å². The van der Waals surface area contributed by atoms with Crippen LogP contribution in [0.3, 0.4) is 0 Å². The Kier molecular flexibility index (Phi) is 4.93. The highest BCUT2D eigenvalue weighted by Gasteiger charge is 2.25. The van der Waals surface area contributed by atoms with Gasteiger partial charge in [-0.05, 0) is 38.0 Å². The first-order chi connectivity index (χ1) is 11.7. The average Bonchev–Trinajstić information content (AvgIpc) is 3.42. The molecule has 1 aliphatic rings. The minimum Gasteiger partial charge on any atom is -0.493 e. The zero-order valence-corrected chi connectivity index (χ0v) is 13.7. The van der Waals surface area contributed by atoms with Crippen LogP contribution < -0.4 is 15.6 Å². The molecule has 24 heavy (non-hydrogen) atoms. The summed E-state index contributed by atoms with van der Waals surface area (Å²) < 4.78 is 6.88. The molecule has 0 atom stereocenters. The molecule has 1 N–H and O–H groups in total. The molecule has 6 heteroatoms. The lowest BCUT2D eigenvalue weighted by molar-refractivity contribution is 0.0948. The molecule has 1 heterocycles. The Hall–Kier alpha value is -2.63. The van der Waals surface area contributed by atoms with Gasteiger partial charge in [-0.2, -0.15) is 5.10 Å². The molecule has 6 nitrogen and oxygen atoms in total. The summed E-state index contributed by atoms with van der Waals surface area (Å²) in [5.41, 5.74) is 1.30. The van der Waals surface area contributed by atoms with E-state index in [-0.39, 0.29) is 11.5 Å². The summed E-state index contributed by atoms with van der Waals surface area (Å²) in [6.45, 7) is 3.06. The lowest BCUT2D eigenvalue weighted by Crippen LogP contribution is -2.32. The Bertz CT molecular complexity index is 781. The second-order valence-corrected chi connectivity index (χ2v) is 5.78. The number of hydrogen-bond acceptors (Lipinski definition) is 4. The lowest BCUT2D eigenvalue weighted by Gasteiger charge is -2.11. The fourth-order valence-corrected chi connectivity index (χ4v) is 2.53. The SMILES string of the molecule is CCOc1ccccc1C(=O)NCCn1nc(C2CC2)ccc1=O. The van der Waals surface area contributed by atoms with Gasteiger partial charge < -0.3 is 10.1 Å². The third kappa shape index (κ3) is 3.82. The van der Waals surface area contributed by atoms with Crippen molar-refractivity contribution in [3.63, 3.8) is 0 Å². The molecule has 0 radical (unpaired) electrons. The largest absolute Gasteiger partial charge is 0.493 e. The van der Waals surface area contributed by atoms with Gasteiger partial charge in [0.2, 0.25) is 0 Å². The van der Waals surface area contributed by atoms with Crippen molar-refractivity contribution in [1.29, 1.82) is 0 Å². The van der Waals surface area contributed by atoms with Gasteiger partial charge in [-0.15, -0.1) is 0 Å². The number of carbonyl (C=O) groups excluding carboxylic acids is 1. The van der Waals surface area contributed by atoms with Crippen molar-refractivity contribution in [2.45, 2.75) is 32.2 Å². The number of amides is 1. The fraction of sp³-hybridized carbons (Fsp3) is 0.389. The maximum Gasteiger partial charge on any atom is 0.266 e. The van der Waals surface area contributed by atoms with Crippen molar-refractivity contribution < 1.29 is 9.53 Å². The molecule has 0 bridgehead atoms. The van der Waals surface area contributed by atoms with Crippen molar-refractivity contribution in [3.05, 3.63) is 58.0 Å². The predicted octanol–water partition coefficient (Wildman–Crippen LogP) is 1.95. The molecule has 1 aliphatic carbocycles. The molecule has 126 valence electrons. The van der Waals surface area contributed by atoms with Crippen LogP contribution in [0.4, 0.5) is 0 Å². The number of nitrogens with one attached hydrogen (secondary N) is 1. The fourth-order valence-electron chi connectivity index (χ4n) is 2.53. The van der Waals surface area contributed by atoms with Gasteiger partial charge in [0.25, 0.3) is 11.5 Å². The highest BCUT2D eigenvalue weighted by Crippen LogP contribution is 2.38. The van der Waals surface area contributed by atoms with Crippen LogP contribution >= 0.6 is 0 Å². The number of nitrogens with zero attached hydrogens (tertiary/aromatic N) is 2. The summed E-state index contributed by atoms with van der Waals surface area (Å²) >= 11 is 0. The highest BCUT2D eigenvalue weighted by atomic mass is 16.5. The Labute approximate surface area is 140 Å². The zero-order chi connectivity index (χ0) is 16.9. The molecule has 0 spiro atoms. The summed E-state index contributed by atoms with van der Waals surface area (Å²) in [5, 5.41) is 7.20. The minimum absolute atomic E-state index is 0.150. The molecular weight excluding hydrogens is 306 g/mol. The first kappa shape index (κ1) is 16.2. The summed E-state index contributed by atoms with van der Waals surface area (Å²) in [7, 11) is 0. The maximum atomic E-state index is 12.3. The van der Waals surface area contributed by atoms with Crippen LogP contribution in [-0.2, 0) is 6.54 Å². The number of aromatic nitrogens is 2. The second-order valence-electron chi connectivity index (χ2n) is 5.78. The van der Waals surface area contributed by atoms with Crippen molar-refractivity contribution in [1.82, 2.24) is 15.1 Å². The average molecular weight is 327 g/mol. The van der Waals surface area contributed by atoms with Crippen molar-refractivity contribution in [3.8, 4) is 5.75 Å². The van der Waals surface area contributed by atoms with Crippen LogP contribution in [-0.4, -0.2) is 28.8 Å². The summed E-state index contributed by atoms with van der Waals surface area (Å²) in [6.07, 6.45) is 2.27. The van der Waals surface area contributed by atoms with Gasteiger partial charge >= 0.3 is 0 Å². The summed E-state index contributed by atoms with van der Waals surface area (Å²) in [6, 6.07) is 10.5. The van der Waals surface area contributed by atoms with Crippen LogP contribution in [0.2, 0.25) is 0 Å². The normalized spacial score (nSPS) is 13.5. The van der Waals surface area contributed by atoms with E-state index in [0.717, 1.165) is 18.5 Å². The Morgan fingerprint density at radius 1 is 1.29 bits per heavy atom. The number of hydrogen-bond donors (Lipinski definition) is 1. The van der Waals surface area contributed by atoms with E-state index in [1.54, 1.807) is 30.3 Å². The quantitative estimate of drug-likeness (QED) is 0.843.